The number of nitrogens with one attached hydrogen (secondary N) is 1. The van der Waals surface area contributed by atoms with Gasteiger partial charge in [-0.15, -0.1) is 0 Å². The number of hydrogen-bond donors (Lipinski definition) is 2. The number of hydrogen-bond acceptors (Lipinski definition) is 2. The molecule has 1 aromatic rings. The molecule has 2 unspecified atom stereocenters. The highest BCUT2D eigenvalue weighted by Crippen LogP contribution is 2.29. The van der Waals surface area contributed by atoms with Crippen LogP contribution in [-0.2, 0) is 0 Å². The zero-order valence-corrected chi connectivity index (χ0v) is 9.97. The largest absolute Gasteiger partial charge is 0.399 e. The molecule has 0 amide bonds. The van der Waals surface area contributed by atoms with E-state index in [1.165, 1.54) is 6.42 Å². The molecule has 0 aliphatic heterocycles. The summed E-state index contributed by atoms with van der Waals surface area (Å²) >= 11 is 0. The zero-order valence-electron chi connectivity index (χ0n) is 9.97. The van der Waals surface area contributed by atoms with Gasteiger partial charge in [0.1, 0.15) is 5.69 Å². The fourth-order valence-corrected chi connectivity index (χ4v) is 2.50. The molecule has 1 aliphatic rings. The Balaban J connectivity index is 2.12. The van der Waals surface area contributed by atoms with E-state index in [0.29, 0.717) is 5.92 Å². The van der Waals surface area contributed by atoms with Gasteiger partial charge >= 0.3 is 0 Å². The smallest absolute Gasteiger partial charge is 0.151 e. The molecule has 0 saturated heterocycles. The second-order valence-corrected chi connectivity index (χ2v) is 4.97. The summed E-state index contributed by atoms with van der Waals surface area (Å²) in [6, 6.07) is 2.46. The molecule has 0 aromatic heterocycles. The van der Waals surface area contributed by atoms with Crippen LogP contribution in [0.2, 0.25) is 0 Å². The number of nitrogens with two attached hydrogens (primary N) is 1. The number of rotatable bonds is 2. The normalized spacial score (nSPS) is 24.6. The first-order valence-electron chi connectivity index (χ1n) is 6.07. The van der Waals surface area contributed by atoms with Crippen LogP contribution in [0.1, 0.15) is 32.6 Å². The van der Waals surface area contributed by atoms with Crippen LogP contribution in [0.3, 0.4) is 0 Å². The molecule has 2 rings (SSSR count). The molecule has 2 nitrogen and oxygen atoms in total. The molecule has 17 heavy (non-hydrogen) atoms. The summed E-state index contributed by atoms with van der Waals surface area (Å²) in [5, 5.41) is 2.97. The van der Waals surface area contributed by atoms with E-state index in [1.807, 2.05) is 0 Å². The summed E-state index contributed by atoms with van der Waals surface area (Å²) in [6.07, 6.45) is 4.23. The Hall–Kier alpha value is -1.32. The van der Waals surface area contributed by atoms with E-state index in [1.54, 1.807) is 0 Å². The summed E-state index contributed by atoms with van der Waals surface area (Å²) in [5.41, 5.74) is 5.45. The predicted octanol–water partition coefficient (Wildman–Crippen LogP) is 3.54. The first-order valence-corrected chi connectivity index (χ1v) is 6.07. The van der Waals surface area contributed by atoms with Crippen molar-refractivity contribution in [3.05, 3.63) is 23.8 Å². The highest BCUT2D eigenvalue weighted by atomic mass is 19.1. The van der Waals surface area contributed by atoms with Crippen molar-refractivity contribution >= 4 is 11.4 Å². The van der Waals surface area contributed by atoms with Gasteiger partial charge in [-0.1, -0.05) is 19.8 Å². The molecule has 0 radical (unpaired) electrons. The number of anilines is 2. The van der Waals surface area contributed by atoms with Gasteiger partial charge in [0.15, 0.2) is 11.6 Å². The molecule has 0 heterocycles. The molecular formula is C13H18F2N2. The third kappa shape index (κ3) is 2.87. The fraction of sp³-hybridized carbons (Fsp3) is 0.538. The standard InChI is InChI=1S/C13H18F2N2/c1-8-3-2-4-10(5-8)17-13-11(14)6-9(16)7-12(13)15/h6-8,10,17H,2-5,16H2,1H3. The van der Waals surface area contributed by atoms with E-state index in [-0.39, 0.29) is 17.4 Å². The molecular weight excluding hydrogens is 222 g/mol. The van der Waals surface area contributed by atoms with Crippen LogP contribution in [0.15, 0.2) is 12.1 Å². The number of benzene rings is 1. The van der Waals surface area contributed by atoms with Gasteiger partial charge in [0.25, 0.3) is 0 Å². The number of halogens is 2. The summed E-state index contributed by atoms with van der Waals surface area (Å²) in [6.45, 7) is 2.17. The Morgan fingerprint density at radius 1 is 1.24 bits per heavy atom. The van der Waals surface area contributed by atoms with Crippen LogP contribution < -0.4 is 11.1 Å². The first-order chi connectivity index (χ1) is 8.06. The average Bonchev–Trinajstić information content (AvgIpc) is 2.23. The topological polar surface area (TPSA) is 38.0 Å². The van der Waals surface area contributed by atoms with Crippen LogP contribution >= 0.6 is 0 Å². The molecule has 1 fully saturated rings. The maximum atomic E-state index is 13.6. The summed E-state index contributed by atoms with van der Waals surface area (Å²) < 4.78 is 27.2. The highest BCUT2D eigenvalue weighted by Gasteiger charge is 2.21. The van der Waals surface area contributed by atoms with Crippen molar-refractivity contribution in [2.24, 2.45) is 5.92 Å². The SMILES string of the molecule is CC1CCCC(Nc2c(F)cc(N)cc2F)C1. The van der Waals surface area contributed by atoms with E-state index >= 15 is 0 Å². The molecule has 1 saturated carbocycles. The fourth-order valence-electron chi connectivity index (χ4n) is 2.50. The van der Waals surface area contributed by atoms with Crippen molar-refractivity contribution in [1.29, 1.82) is 0 Å². The average molecular weight is 240 g/mol. The third-order valence-electron chi connectivity index (χ3n) is 3.35. The summed E-state index contributed by atoms with van der Waals surface area (Å²) in [5.74, 6) is -0.609. The molecule has 1 aromatic carbocycles. The minimum Gasteiger partial charge on any atom is -0.399 e. The number of nitrogen functional groups attached to an aromatic ring is 1. The monoisotopic (exact) mass is 240 g/mol. The van der Waals surface area contributed by atoms with Gasteiger partial charge in [-0.2, -0.15) is 0 Å². The summed E-state index contributed by atoms with van der Waals surface area (Å²) in [7, 11) is 0. The predicted molar refractivity (Wildman–Crippen MR) is 65.8 cm³/mol. The van der Waals surface area contributed by atoms with Crippen LogP contribution in [0.5, 0.6) is 0 Å². The Morgan fingerprint density at radius 2 is 1.88 bits per heavy atom. The van der Waals surface area contributed by atoms with Crippen molar-refractivity contribution in [2.75, 3.05) is 11.1 Å². The lowest BCUT2D eigenvalue weighted by molar-refractivity contribution is 0.357. The van der Waals surface area contributed by atoms with Gasteiger partial charge in [0.05, 0.1) is 0 Å². The Kier molecular flexibility index (Phi) is 3.50. The zero-order chi connectivity index (χ0) is 12.4. The molecule has 3 N–H and O–H groups in total. The van der Waals surface area contributed by atoms with Gasteiger partial charge < -0.3 is 11.1 Å². The van der Waals surface area contributed by atoms with Crippen molar-refractivity contribution in [1.82, 2.24) is 0 Å². The van der Waals surface area contributed by atoms with E-state index in [0.717, 1.165) is 31.4 Å². The Morgan fingerprint density at radius 3 is 2.47 bits per heavy atom. The maximum absolute atomic E-state index is 13.6. The van der Waals surface area contributed by atoms with Gasteiger partial charge in [-0.05, 0) is 30.9 Å². The van der Waals surface area contributed by atoms with Gasteiger partial charge in [0, 0.05) is 11.7 Å². The minimum absolute atomic E-state index is 0.0432. The third-order valence-corrected chi connectivity index (χ3v) is 3.35. The lowest BCUT2D eigenvalue weighted by Crippen LogP contribution is -2.27. The molecule has 2 atom stereocenters. The van der Waals surface area contributed by atoms with E-state index in [2.05, 4.69) is 12.2 Å². The molecule has 94 valence electrons. The highest BCUT2D eigenvalue weighted by molar-refractivity contribution is 5.54. The van der Waals surface area contributed by atoms with E-state index in [9.17, 15) is 8.78 Å². The summed E-state index contributed by atoms with van der Waals surface area (Å²) in [4.78, 5) is 0. The van der Waals surface area contributed by atoms with Crippen molar-refractivity contribution in [3.63, 3.8) is 0 Å². The van der Waals surface area contributed by atoms with Crippen molar-refractivity contribution in [2.45, 2.75) is 38.6 Å². The van der Waals surface area contributed by atoms with Crippen LogP contribution in [-0.4, -0.2) is 6.04 Å². The van der Waals surface area contributed by atoms with Gasteiger partial charge in [-0.3, -0.25) is 0 Å². The maximum Gasteiger partial charge on any atom is 0.151 e. The lowest BCUT2D eigenvalue weighted by Gasteiger charge is -2.28. The van der Waals surface area contributed by atoms with E-state index < -0.39 is 11.6 Å². The molecule has 0 spiro atoms. The van der Waals surface area contributed by atoms with Crippen molar-refractivity contribution < 1.29 is 8.78 Å². The van der Waals surface area contributed by atoms with Gasteiger partial charge in [0.2, 0.25) is 0 Å². The second-order valence-electron chi connectivity index (χ2n) is 4.97. The Bertz CT molecular complexity index is 383. The van der Waals surface area contributed by atoms with E-state index in [4.69, 9.17) is 5.73 Å². The second kappa shape index (κ2) is 4.90. The molecule has 0 bridgehead atoms. The lowest BCUT2D eigenvalue weighted by atomic mass is 9.87. The van der Waals surface area contributed by atoms with Crippen molar-refractivity contribution in [3.8, 4) is 0 Å². The van der Waals surface area contributed by atoms with Crippen LogP contribution in [0.25, 0.3) is 0 Å². The quantitative estimate of drug-likeness (QED) is 0.776. The molecule has 4 heteroatoms. The molecule has 1 aliphatic carbocycles. The minimum atomic E-state index is -0.610. The first kappa shape index (κ1) is 12.1. The Labute approximate surface area is 100 Å². The van der Waals surface area contributed by atoms with Gasteiger partial charge in [-0.25, -0.2) is 8.78 Å². The van der Waals surface area contributed by atoms with Crippen LogP contribution in [0.4, 0.5) is 20.2 Å². The van der Waals surface area contributed by atoms with Crippen LogP contribution in [0, 0.1) is 17.6 Å².